The number of nitrogens with zero attached hydrogens (tertiary/aromatic N) is 5. The van der Waals surface area contributed by atoms with Gasteiger partial charge >= 0.3 is 0 Å². The number of aromatic nitrogens is 4. The van der Waals surface area contributed by atoms with Gasteiger partial charge in [-0.25, -0.2) is 17.8 Å². The largest absolute Gasteiger partial charge is 0.347 e. The third kappa shape index (κ3) is 3.74. The Hall–Kier alpha value is -3.01. The van der Waals surface area contributed by atoms with Gasteiger partial charge in [0.1, 0.15) is 17.8 Å². The number of sulfonamides is 1. The van der Waals surface area contributed by atoms with Crippen LogP contribution in [0.5, 0.6) is 0 Å². The highest BCUT2D eigenvalue weighted by atomic mass is 32.2. The maximum atomic E-state index is 12.5. The number of para-hydroxylation sites is 1. The topological polar surface area (TPSA) is 110 Å². The van der Waals surface area contributed by atoms with Crippen LogP contribution in [0.25, 0.3) is 10.9 Å². The SMILES string of the molecule is CN(C)C(=O)Cn1cnc(NS(=O)(=O)c2cnc3ccccc3c2)n1. The van der Waals surface area contributed by atoms with E-state index in [2.05, 4.69) is 19.8 Å². The van der Waals surface area contributed by atoms with Crippen LogP contribution in [0.15, 0.2) is 47.8 Å². The smallest absolute Gasteiger partial charge is 0.265 e. The monoisotopic (exact) mass is 360 g/mol. The maximum absolute atomic E-state index is 12.5. The summed E-state index contributed by atoms with van der Waals surface area (Å²) in [5.41, 5.74) is 0.700. The highest BCUT2D eigenvalue weighted by Gasteiger charge is 2.18. The van der Waals surface area contributed by atoms with Crippen LogP contribution in [0.2, 0.25) is 0 Å². The molecule has 1 amide bonds. The Bertz CT molecular complexity index is 1030. The van der Waals surface area contributed by atoms with Crippen molar-refractivity contribution in [2.24, 2.45) is 0 Å². The third-order valence-corrected chi connectivity index (χ3v) is 4.73. The molecule has 25 heavy (non-hydrogen) atoms. The molecule has 2 heterocycles. The molecule has 0 aliphatic carbocycles. The number of pyridine rings is 1. The van der Waals surface area contributed by atoms with Gasteiger partial charge in [-0.05, 0) is 12.1 Å². The molecule has 1 N–H and O–H groups in total. The van der Waals surface area contributed by atoms with Crippen molar-refractivity contribution in [3.05, 3.63) is 42.9 Å². The molecule has 0 unspecified atom stereocenters. The number of rotatable bonds is 5. The molecule has 0 saturated heterocycles. The minimum Gasteiger partial charge on any atom is -0.347 e. The fourth-order valence-electron chi connectivity index (χ4n) is 2.07. The molecule has 0 saturated carbocycles. The van der Waals surface area contributed by atoms with Crippen LogP contribution in [0.1, 0.15) is 0 Å². The standard InChI is InChI=1S/C15H16N6O3S/c1-20(2)14(22)9-21-10-17-15(18-21)19-25(23,24)12-7-11-5-3-4-6-13(11)16-8-12/h3-8,10H,9H2,1-2H3,(H,18,19). The molecule has 0 aliphatic heterocycles. The van der Waals surface area contributed by atoms with Gasteiger partial charge in [0.25, 0.3) is 16.0 Å². The van der Waals surface area contributed by atoms with Gasteiger partial charge in [-0.3, -0.25) is 9.78 Å². The minimum absolute atomic E-state index is 0.00641. The second-order valence-electron chi connectivity index (χ2n) is 5.52. The molecule has 0 spiro atoms. The first-order chi connectivity index (χ1) is 11.8. The summed E-state index contributed by atoms with van der Waals surface area (Å²) in [6, 6.07) is 8.73. The maximum Gasteiger partial charge on any atom is 0.265 e. The number of hydrogen-bond donors (Lipinski definition) is 1. The van der Waals surface area contributed by atoms with Gasteiger partial charge in [0.15, 0.2) is 0 Å². The number of carbonyl (C=O) groups excluding carboxylic acids is 1. The fraction of sp³-hybridized carbons (Fsp3) is 0.200. The Morgan fingerprint density at radius 1 is 1.24 bits per heavy atom. The van der Waals surface area contributed by atoms with E-state index in [9.17, 15) is 13.2 Å². The zero-order valence-electron chi connectivity index (χ0n) is 13.6. The molecule has 2 aromatic heterocycles. The van der Waals surface area contributed by atoms with Gasteiger partial charge < -0.3 is 4.90 Å². The summed E-state index contributed by atoms with van der Waals surface area (Å²) in [6.07, 6.45) is 2.56. The normalized spacial score (nSPS) is 11.4. The van der Waals surface area contributed by atoms with Gasteiger partial charge in [0, 0.05) is 25.7 Å². The number of amides is 1. The van der Waals surface area contributed by atoms with Crippen molar-refractivity contribution < 1.29 is 13.2 Å². The molecule has 0 fully saturated rings. The van der Waals surface area contributed by atoms with Crippen molar-refractivity contribution >= 4 is 32.8 Å². The zero-order chi connectivity index (χ0) is 18.0. The molecule has 0 aliphatic rings. The third-order valence-electron chi connectivity index (χ3n) is 3.43. The van der Waals surface area contributed by atoms with E-state index in [1.54, 1.807) is 32.3 Å². The summed E-state index contributed by atoms with van der Waals surface area (Å²) in [5, 5.41) is 4.66. The summed E-state index contributed by atoms with van der Waals surface area (Å²) in [4.78, 5) is 21.1. The van der Waals surface area contributed by atoms with Crippen molar-refractivity contribution in [2.75, 3.05) is 18.8 Å². The summed E-state index contributed by atoms with van der Waals surface area (Å²) in [6.45, 7) is -0.0285. The van der Waals surface area contributed by atoms with E-state index in [1.165, 1.54) is 28.2 Å². The Labute approximate surface area is 144 Å². The van der Waals surface area contributed by atoms with E-state index in [0.717, 1.165) is 0 Å². The molecule has 9 nitrogen and oxygen atoms in total. The van der Waals surface area contributed by atoms with Crippen LogP contribution >= 0.6 is 0 Å². The van der Waals surface area contributed by atoms with Crippen LogP contribution in [0, 0.1) is 0 Å². The Morgan fingerprint density at radius 3 is 2.76 bits per heavy atom. The minimum atomic E-state index is -3.88. The molecule has 3 aromatic rings. The predicted octanol–water partition coefficient (Wildman–Crippen LogP) is 0.715. The number of carbonyl (C=O) groups is 1. The first-order valence-electron chi connectivity index (χ1n) is 7.32. The van der Waals surface area contributed by atoms with Gasteiger partial charge in [-0.1, -0.05) is 18.2 Å². The van der Waals surface area contributed by atoms with Crippen LogP contribution in [0.3, 0.4) is 0 Å². The summed E-state index contributed by atoms with van der Waals surface area (Å²) < 4.78 is 28.5. The summed E-state index contributed by atoms with van der Waals surface area (Å²) >= 11 is 0. The van der Waals surface area contributed by atoms with E-state index in [1.807, 2.05) is 6.07 Å². The molecule has 0 atom stereocenters. The lowest BCUT2D eigenvalue weighted by atomic mass is 10.2. The quantitative estimate of drug-likeness (QED) is 0.718. The summed E-state index contributed by atoms with van der Waals surface area (Å²) in [5.74, 6) is -0.294. The van der Waals surface area contributed by atoms with Gasteiger partial charge in [-0.2, -0.15) is 4.98 Å². The van der Waals surface area contributed by atoms with Gasteiger partial charge in [0.2, 0.25) is 5.91 Å². The molecular weight excluding hydrogens is 344 g/mol. The molecule has 3 rings (SSSR count). The Balaban J connectivity index is 1.81. The molecule has 1 aromatic carbocycles. The fourth-order valence-corrected chi connectivity index (χ4v) is 3.00. The van der Waals surface area contributed by atoms with Crippen LogP contribution in [-0.2, 0) is 21.4 Å². The highest BCUT2D eigenvalue weighted by Crippen LogP contribution is 2.18. The van der Waals surface area contributed by atoms with E-state index in [4.69, 9.17) is 0 Å². The van der Waals surface area contributed by atoms with E-state index < -0.39 is 10.0 Å². The van der Waals surface area contributed by atoms with E-state index >= 15 is 0 Å². The molecule has 0 radical (unpaired) electrons. The average Bonchev–Trinajstić information content (AvgIpc) is 3.00. The van der Waals surface area contributed by atoms with Crippen LogP contribution in [0.4, 0.5) is 5.95 Å². The number of likely N-dealkylation sites (N-methyl/N-ethyl adjacent to an activating group) is 1. The average molecular weight is 360 g/mol. The van der Waals surface area contributed by atoms with Crippen molar-refractivity contribution in [1.29, 1.82) is 0 Å². The predicted molar refractivity (Wildman–Crippen MR) is 91.3 cm³/mol. The van der Waals surface area contributed by atoms with Crippen molar-refractivity contribution in [1.82, 2.24) is 24.6 Å². The molecule has 10 heteroatoms. The zero-order valence-corrected chi connectivity index (χ0v) is 14.4. The lowest BCUT2D eigenvalue weighted by Crippen LogP contribution is -2.26. The lowest BCUT2D eigenvalue weighted by molar-refractivity contribution is -0.129. The molecule has 130 valence electrons. The number of anilines is 1. The van der Waals surface area contributed by atoms with Gasteiger partial charge in [-0.15, -0.1) is 5.10 Å². The van der Waals surface area contributed by atoms with Crippen molar-refractivity contribution in [3.8, 4) is 0 Å². The molecule has 0 bridgehead atoms. The Kier molecular flexibility index (Phi) is 4.36. The first kappa shape index (κ1) is 16.8. The van der Waals surface area contributed by atoms with E-state index in [-0.39, 0.29) is 23.3 Å². The first-order valence-corrected chi connectivity index (χ1v) is 8.81. The number of hydrogen-bond acceptors (Lipinski definition) is 6. The van der Waals surface area contributed by atoms with Crippen molar-refractivity contribution in [3.63, 3.8) is 0 Å². The lowest BCUT2D eigenvalue weighted by Gasteiger charge is -2.09. The Morgan fingerprint density at radius 2 is 2.00 bits per heavy atom. The highest BCUT2D eigenvalue weighted by molar-refractivity contribution is 7.92. The van der Waals surface area contributed by atoms with Crippen molar-refractivity contribution in [2.45, 2.75) is 11.4 Å². The van der Waals surface area contributed by atoms with Crippen LogP contribution < -0.4 is 4.72 Å². The van der Waals surface area contributed by atoms with E-state index in [0.29, 0.717) is 10.9 Å². The summed E-state index contributed by atoms with van der Waals surface area (Å²) in [7, 11) is -0.641. The number of benzene rings is 1. The second-order valence-corrected chi connectivity index (χ2v) is 7.21. The molecular formula is C15H16N6O3S. The van der Waals surface area contributed by atoms with Crippen LogP contribution in [-0.4, -0.2) is 53.1 Å². The second kappa shape index (κ2) is 6.48. The number of fused-ring (bicyclic) bond motifs is 1. The number of nitrogens with one attached hydrogen (secondary N) is 1. The van der Waals surface area contributed by atoms with Gasteiger partial charge in [0.05, 0.1) is 5.52 Å².